The van der Waals surface area contributed by atoms with E-state index in [2.05, 4.69) is 0 Å². The van der Waals surface area contributed by atoms with Crippen LogP contribution in [-0.4, -0.2) is 25.1 Å². The van der Waals surface area contributed by atoms with E-state index in [4.69, 9.17) is 37.4 Å². The lowest BCUT2D eigenvalue weighted by molar-refractivity contribution is 0.0129. The first-order valence-corrected chi connectivity index (χ1v) is 9.83. The van der Waals surface area contributed by atoms with E-state index < -0.39 is 11.0 Å². The van der Waals surface area contributed by atoms with Crippen molar-refractivity contribution in [1.82, 2.24) is 0 Å². The summed E-state index contributed by atoms with van der Waals surface area (Å²) in [7, 11) is 3.07. The maximum Gasteiger partial charge on any atom is 0.176 e. The number of halogens is 2. The van der Waals surface area contributed by atoms with Crippen molar-refractivity contribution in [3.63, 3.8) is 0 Å². The molecule has 152 valence electrons. The lowest BCUT2D eigenvalue weighted by Gasteiger charge is -2.34. The Labute approximate surface area is 180 Å². The van der Waals surface area contributed by atoms with E-state index in [-0.39, 0.29) is 12.4 Å². The van der Waals surface area contributed by atoms with E-state index in [1.165, 1.54) is 7.11 Å². The topological polar surface area (TPSA) is 44.8 Å². The second kappa shape index (κ2) is 9.04. The Bertz CT molecular complexity index is 953. The Morgan fingerprint density at radius 1 is 1.10 bits per heavy atom. The van der Waals surface area contributed by atoms with Crippen molar-refractivity contribution in [3.05, 3.63) is 82.4 Å². The molecular formula is C23H22Cl2O4. The highest BCUT2D eigenvalue weighted by atomic mass is 35.5. The molecule has 29 heavy (non-hydrogen) atoms. The van der Waals surface area contributed by atoms with Gasteiger partial charge in [-0.05, 0) is 42.3 Å². The van der Waals surface area contributed by atoms with Crippen molar-refractivity contribution in [2.45, 2.75) is 18.6 Å². The third-order valence-corrected chi connectivity index (χ3v) is 5.61. The van der Waals surface area contributed by atoms with Crippen LogP contribution in [0.3, 0.4) is 0 Å². The number of ether oxygens (including phenoxy) is 3. The highest BCUT2D eigenvalue weighted by molar-refractivity contribution is 6.35. The molecule has 0 saturated carbocycles. The number of hydrogen-bond acceptors (Lipinski definition) is 4. The Balaban J connectivity index is 1.94. The SMILES string of the molecule is COc1cc(C)c(C(=O)C2C(Cl)=CC=CC2(Cl)OCc2ccccc2)cc1OC. The summed E-state index contributed by atoms with van der Waals surface area (Å²) in [5.74, 6) is -0.143. The lowest BCUT2D eigenvalue weighted by atomic mass is 9.86. The normalized spacial score (nSPS) is 20.9. The van der Waals surface area contributed by atoms with Crippen LogP contribution in [0.4, 0.5) is 0 Å². The zero-order chi connectivity index (χ0) is 21.0. The average molecular weight is 433 g/mol. The molecule has 1 aliphatic carbocycles. The molecule has 0 aliphatic heterocycles. The molecule has 0 aromatic heterocycles. The molecular weight excluding hydrogens is 411 g/mol. The van der Waals surface area contributed by atoms with Crippen LogP contribution in [-0.2, 0) is 11.3 Å². The predicted octanol–water partition coefficient (Wildman–Crippen LogP) is 5.66. The standard InChI is InChI=1S/C23H22Cl2O4/c1-15-12-19(27-2)20(28-3)13-17(15)22(26)21-18(24)10-7-11-23(21,25)29-14-16-8-5-4-6-9-16/h4-13,21H,14H2,1-3H3. The number of carbonyl (C=O) groups is 1. The monoisotopic (exact) mass is 432 g/mol. The second-order valence-corrected chi connectivity index (χ2v) is 7.73. The van der Waals surface area contributed by atoms with Crippen molar-refractivity contribution in [1.29, 1.82) is 0 Å². The zero-order valence-corrected chi connectivity index (χ0v) is 18.0. The van der Waals surface area contributed by atoms with Crippen LogP contribution in [0.15, 0.2) is 65.7 Å². The van der Waals surface area contributed by atoms with Gasteiger partial charge >= 0.3 is 0 Å². The Hall–Kier alpha value is -2.27. The first kappa shape index (κ1) is 21.4. The summed E-state index contributed by atoms with van der Waals surface area (Å²) < 4.78 is 16.7. The molecule has 0 saturated heterocycles. The van der Waals surface area contributed by atoms with Crippen LogP contribution in [0.1, 0.15) is 21.5 Å². The Morgan fingerprint density at radius 2 is 1.76 bits per heavy atom. The van der Waals surface area contributed by atoms with Gasteiger partial charge in [-0.3, -0.25) is 4.79 Å². The molecule has 0 bridgehead atoms. The van der Waals surface area contributed by atoms with Gasteiger partial charge in [0.1, 0.15) is 5.92 Å². The molecule has 2 aromatic rings. The maximum atomic E-state index is 13.5. The number of aryl methyl sites for hydroxylation is 1. The van der Waals surface area contributed by atoms with Crippen molar-refractivity contribution in [3.8, 4) is 11.5 Å². The molecule has 6 heteroatoms. The number of rotatable bonds is 7. The summed E-state index contributed by atoms with van der Waals surface area (Å²) in [5.41, 5.74) is 2.12. The molecule has 0 amide bonds. The number of Topliss-reactive ketones (excluding diaryl/α,β-unsaturated/α-hetero) is 1. The molecule has 0 fully saturated rings. The van der Waals surface area contributed by atoms with Crippen molar-refractivity contribution >= 4 is 29.0 Å². The van der Waals surface area contributed by atoms with Crippen molar-refractivity contribution in [2.75, 3.05) is 14.2 Å². The van der Waals surface area contributed by atoms with Gasteiger partial charge in [-0.25, -0.2) is 0 Å². The fourth-order valence-electron chi connectivity index (χ4n) is 3.26. The molecule has 2 unspecified atom stereocenters. The van der Waals surface area contributed by atoms with Gasteiger partial charge in [0.25, 0.3) is 0 Å². The fourth-order valence-corrected chi connectivity index (χ4v) is 3.99. The van der Waals surface area contributed by atoms with Crippen LogP contribution < -0.4 is 9.47 Å². The molecule has 1 aliphatic rings. The minimum atomic E-state index is -1.40. The van der Waals surface area contributed by atoms with E-state index >= 15 is 0 Å². The van der Waals surface area contributed by atoms with Gasteiger partial charge in [-0.1, -0.05) is 59.6 Å². The molecule has 4 nitrogen and oxygen atoms in total. The number of benzene rings is 2. The first-order chi connectivity index (χ1) is 13.9. The summed E-state index contributed by atoms with van der Waals surface area (Å²) in [6, 6.07) is 13.0. The number of methoxy groups -OCH3 is 2. The Kier molecular flexibility index (Phi) is 6.68. The van der Waals surface area contributed by atoms with Crippen LogP contribution >= 0.6 is 23.2 Å². The zero-order valence-electron chi connectivity index (χ0n) is 16.4. The van der Waals surface area contributed by atoms with Gasteiger partial charge < -0.3 is 14.2 Å². The predicted molar refractivity (Wildman–Crippen MR) is 115 cm³/mol. The maximum absolute atomic E-state index is 13.5. The Morgan fingerprint density at radius 3 is 2.41 bits per heavy atom. The summed E-state index contributed by atoms with van der Waals surface area (Å²) in [5, 5.41) is -1.09. The molecule has 0 heterocycles. The first-order valence-electron chi connectivity index (χ1n) is 9.08. The van der Waals surface area contributed by atoms with Gasteiger partial charge in [0.2, 0.25) is 0 Å². The minimum Gasteiger partial charge on any atom is -0.493 e. The summed E-state index contributed by atoms with van der Waals surface area (Å²) in [6.07, 6.45) is 5.01. The van der Waals surface area contributed by atoms with Crippen LogP contribution in [0.2, 0.25) is 0 Å². The van der Waals surface area contributed by atoms with E-state index in [1.54, 1.807) is 37.5 Å². The minimum absolute atomic E-state index is 0.244. The number of allylic oxidation sites excluding steroid dienone is 2. The molecule has 0 radical (unpaired) electrons. The molecule has 0 spiro atoms. The molecule has 2 atom stereocenters. The van der Waals surface area contributed by atoms with Gasteiger partial charge in [-0.15, -0.1) is 0 Å². The van der Waals surface area contributed by atoms with E-state index in [0.717, 1.165) is 11.1 Å². The van der Waals surface area contributed by atoms with Crippen molar-refractivity contribution < 1.29 is 19.0 Å². The fraction of sp³-hybridized carbons (Fsp3) is 0.261. The van der Waals surface area contributed by atoms with E-state index in [9.17, 15) is 4.79 Å². The van der Waals surface area contributed by atoms with E-state index in [1.807, 2.05) is 37.3 Å². The number of ketones is 1. The second-order valence-electron chi connectivity index (χ2n) is 6.70. The number of alkyl halides is 1. The van der Waals surface area contributed by atoms with Gasteiger partial charge in [0.05, 0.1) is 20.8 Å². The smallest absolute Gasteiger partial charge is 0.176 e. The molecule has 2 aromatic carbocycles. The van der Waals surface area contributed by atoms with Crippen LogP contribution in [0.5, 0.6) is 11.5 Å². The average Bonchev–Trinajstić information content (AvgIpc) is 2.72. The largest absolute Gasteiger partial charge is 0.493 e. The highest BCUT2D eigenvalue weighted by Gasteiger charge is 2.45. The van der Waals surface area contributed by atoms with Crippen LogP contribution in [0, 0.1) is 12.8 Å². The summed E-state index contributed by atoms with van der Waals surface area (Å²) in [4.78, 5) is 13.5. The quantitative estimate of drug-likeness (QED) is 0.418. The number of carbonyl (C=O) groups excluding carboxylic acids is 1. The lowest BCUT2D eigenvalue weighted by Crippen LogP contribution is -2.40. The molecule has 3 rings (SSSR count). The van der Waals surface area contributed by atoms with Gasteiger partial charge in [0, 0.05) is 10.6 Å². The van der Waals surface area contributed by atoms with Crippen LogP contribution in [0.25, 0.3) is 0 Å². The third-order valence-electron chi connectivity index (χ3n) is 4.81. The molecule has 0 N–H and O–H groups in total. The number of hydrogen-bond donors (Lipinski definition) is 0. The summed E-state index contributed by atoms with van der Waals surface area (Å²) in [6.45, 7) is 2.07. The highest BCUT2D eigenvalue weighted by Crippen LogP contribution is 2.42. The van der Waals surface area contributed by atoms with E-state index in [0.29, 0.717) is 22.1 Å². The summed E-state index contributed by atoms with van der Waals surface area (Å²) >= 11 is 13.3. The van der Waals surface area contributed by atoms with Gasteiger partial charge in [0.15, 0.2) is 22.3 Å². The van der Waals surface area contributed by atoms with Gasteiger partial charge in [-0.2, -0.15) is 0 Å². The van der Waals surface area contributed by atoms with Crippen molar-refractivity contribution in [2.24, 2.45) is 5.92 Å². The third kappa shape index (κ3) is 4.50.